The molecule has 1 saturated carbocycles. The highest BCUT2D eigenvalue weighted by atomic mass is 16.5. The van der Waals surface area contributed by atoms with Crippen LogP contribution < -0.4 is 5.32 Å². The fourth-order valence-electron chi connectivity index (χ4n) is 3.67. The van der Waals surface area contributed by atoms with Gasteiger partial charge in [0.05, 0.1) is 12.3 Å². The van der Waals surface area contributed by atoms with Gasteiger partial charge in [0, 0.05) is 50.9 Å². The third-order valence-corrected chi connectivity index (χ3v) is 5.09. The van der Waals surface area contributed by atoms with E-state index >= 15 is 0 Å². The molecule has 3 aliphatic rings. The lowest BCUT2D eigenvalue weighted by molar-refractivity contribution is -0.132. The maximum absolute atomic E-state index is 12.2. The van der Waals surface area contributed by atoms with Crippen LogP contribution in [-0.4, -0.2) is 51.9 Å². The molecule has 0 unspecified atom stereocenters. The number of hydrogen-bond acceptors (Lipinski definition) is 4. The SMILES string of the molecule is Cn1cc(CN2CC[C@@H]3O[C@H](C(=O)NCC4CC4)C[C@@H]32)cn1. The molecule has 3 atom stereocenters. The van der Waals surface area contributed by atoms with Crippen molar-refractivity contribution < 1.29 is 9.53 Å². The van der Waals surface area contributed by atoms with Crippen molar-refractivity contribution in [2.45, 2.75) is 50.5 Å². The molecule has 2 aliphatic heterocycles. The molecule has 1 aliphatic carbocycles. The number of carbonyl (C=O) groups excluding carboxylic acids is 1. The lowest BCUT2D eigenvalue weighted by atomic mass is 10.1. The highest BCUT2D eigenvalue weighted by molar-refractivity contribution is 5.81. The second-order valence-electron chi connectivity index (χ2n) is 6.94. The van der Waals surface area contributed by atoms with E-state index < -0.39 is 0 Å². The van der Waals surface area contributed by atoms with Gasteiger partial charge in [-0.2, -0.15) is 5.10 Å². The van der Waals surface area contributed by atoms with Gasteiger partial charge in [-0.1, -0.05) is 0 Å². The Labute approximate surface area is 130 Å². The van der Waals surface area contributed by atoms with E-state index in [0.29, 0.717) is 12.0 Å². The fourth-order valence-corrected chi connectivity index (χ4v) is 3.67. The number of hydrogen-bond donors (Lipinski definition) is 1. The number of nitrogens with zero attached hydrogens (tertiary/aromatic N) is 3. The number of rotatable bonds is 5. The van der Waals surface area contributed by atoms with Crippen LogP contribution in [0.5, 0.6) is 0 Å². The van der Waals surface area contributed by atoms with Crippen LogP contribution in [0.4, 0.5) is 0 Å². The molecule has 1 aromatic rings. The van der Waals surface area contributed by atoms with Crippen molar-refractivity contribution in [3.8, 4) is 0 Å². The first-order valence-corrected chi connectivity index (χ1v) is 8.34. The van der Waals surface area contributed by atoms with Crippen LogP contribution in [0.1, 0.15) is 31.2 Å². The van der Waals surface area contributed by atoms with Crippen LogP contribution in [0.2, 0.25) is 0 Å². The average molecular weight is 304 g/mol. The summed E-state index contributed by atoms with van der Waals surface area (Å²) in [5.41, 5.74) is 1.23. The summed E-state index contributed by atoms with van der Waals surface area (Å²) in [7, 11) is 1.94. The summed E-state index contributed by atoms with van der Waals surface area (Å²) in [6, 6.07) is 0.372. The number of likely N-dealkylation sites (tertiary alicyclic amines) is 1. The largest absolute Gasteiger partial charge is 0.363 e. The van der Waals surface area contributed by atoms with Gasteiger partial charge in [-0.05, 0) is 25.2 Å². The normalized spacial score (nSPS) is 31.4. The summed E-state index contributed by atoms with van der Waals surface area (Å²) in [5, 5.41) is 7.28. The number of aryl methyl sites for hydroxylation is 1. The Morgan fingerprint density at radius 2 is 2.32 bits per heavy atom. The van der Waals surface area contributed by atoms with Gasteiger partial charge < -0.3 is 10.1 Å². The number of aromatic nitrogens is 2. The van der Waals surface area contributed by atoms with E-state index in [9.17, 15) is 4.79 Å². The summed E-state index contributed by atoms with van der Waals surface area (Å²) in [4.78, 5) is 14.6. The average Bonchev–Trinajstić information content (AvgIpc) is 2.90. The third-order valence-electron chi connectivity index (χ3n) is 5.09. The maximum Gasteiger partial charge on any atom is 0.249 e. The van der Waals surface area contributed by atoms with Crippen molar-refractivity contribution in [1.29, 1.82) is 0 Å². The summed E-state index contributed by atoms with van der Waals surface area (Å²) in [6.07, 6.45) is 8.30. The van der Waals surface area contributed by atoms with Crippen LogP contribution in [0.15, 0.2) is 12.4 Å². The molecule has 0 spiro atoms. The van der Waals surface area contributed by atoms with Crippen molar-refractivity contribution in [1.82, 2.24) is 20.0 Å². The molecule has 2 saturated heterocycles. The molecule has 0 radical (unpaired) electrons. The van der Waals surface area contributed by atoms with E-state index in [0.717, 1.165) is 32.5 Å². The second kappa shape index (κ2) is 5.66. The van der Waals surface area contributed by atoms with Gasteiger partial charge in [-0.15, -0.1) is 0 Å². The van der Waals surface area contributed by atoms with Crippen molar-refractivity contribution >= 4 is 5.91 Å². The highest BCUT2D eigenvalue weighted by Gasteiger charge is 2.45. The van der Waals surface area contributed by atoms with E-state index in [1.165, 1.54) is 18.4 Å². The topological polar surface area (TPSA) is 59.4 Å². The Hall–Kier alpha value is -1.40. The summed E-state index contributed by atoms with van der Waals surface area (Å²) in [5.74, 6) is 0.801. The first-order valence-electron chi connectivity index (χ1n) is 8.34. The molecule has 6 nitrogen and oxygen atoms in total. The molecule has 1 aromatic heterocycles. The minimum absolute atomic E-state index is 0.0858. The van der Waals surface area contributed by atoms with Gasteiger partial charge in [0.2, 0.25) is 5.91 Å². The molecule has 3 heterocycles. The van der Waals surface area contributed by atoms with E-state index in [4.69, 9.17) is 4.74 Å². The second-order valence-corrected chi connectivity index (χ2v) is 6.94. The monoisotopic (exact) mass is 304 g/mol. The zero-order valence-electron chi connectivity index (χ0n) is 13.1. The zero-order chi connectivity index (χ0) is 15.1. The molecule has 4 rings (SSSR count). The van der Waals surface area contributed by atoms with Gasteiger partial charge in [0.1, 0.15) is 6.10 Å². The van der Waals surface area contributed by atoms with Gasteiger partial charge in [0.25, 0.3) is 0 Å². The number of fused-ring (bicyclic) bond motifs is 1. The molecule has 6 heteroatoms. The van der Waals surface area contributed by atoms with Gasteiger partial charge >= 0.3 is 0 Å². The van der Waals surface area contributed by atoms with Crippen LogP contribution in [0.3, 0.4) is 0 Å². The molecule has 22 heavy (non-hydrogen) atoms. The summed E-state index contributed by atoms with van der Waals surface area (Å²) in [6.45, 7) is 2.77. The molecule has 1 N–H and O–H groups in total. The Morgan fingerprint density at radius 3 is 3.05 bits per heavy atom. The standard InChI is InChI=1S/C16H24N4O2/c1-19-9-12(8-18-19)10-20-5-4-14-13(20)6-15(22-14)16(21)17-7-11-2-3-11/h8-9,11,13-15H,2-7,10H2,1H3,(H,17,21)/t13-,14-,15-/m0/s1. The third kappa shape index (κ3) is 2.90. The Kier molecular flexibility index (Phi) is 3.66. The first-order chi connectivity index (χ1) is 10.7. The number of nitrogens with one attached hydrogen (secondary N) is 1. The van der Waals surface area contributed by atoms with Crippen molar-refractivity contribution in [2.24, 2.45) is 13.0 Å². The predicted molar refractivity (Wildman–Crippen MR) is 81.0 cm³/mol. The molecular weight excluding hydrogens is 280 g/mol. The molecular formula is C16H24N4O2. The van der Waals surface area contributed by atoms with Crippen LogP contribution in [0, 0.1) is 5.92 Å². The molecule has 0 aromatic carbocycles. The van der Waals surface area contributed by atoms with E-state index in [1.807, 2.05) is 17.9 Å². The van der Waals surface area contributed by atoms with Crippen molar-refractivity contribution in [3.63, 3.8) is 0 Å². The number of carbonyl (C=O) groups is 1. The van der Waals surface area contributed by atoms with Crippen molar-refractivity contribution in [2.75, 3.05) is 13.1 Å². The molecule has 120 valence electrons. The minimum atomic E-state index is -0.259. The minimum Gasteiger partial charge on any atom is -0.363 e. The molecule has 1 amide bonds. The zero-order valence-corrected chi connectivity index (χ0v) is 13.1. The Bertz CT molecular complexity index is 554. The highest BCUT2D eigenvalue weighted by Crippen LogP contribution is 2.34. The quantitative estimate of drug-likeness (QED) is 0.869. The predicted octanol–water partition coefficient (Wildman–Crippen LogP) is 0.678. The van der Waals surface area contributed by atoms with Crippen molar-refractivity contribution in [3.05, 3.63) is 18.0 Å². The smallest absolute Gasteiger partial charge is 0.249 e. The lowest BCUT2D eigenvalue weighted by Crippen LogP contribution is -2.37. The Morgan fingerprint density at radius 1 is 1.45 bits per heavy atom. The maximum atomic E-state index is 12.2. The van der Waals surface area contributed by atoms with Gasteiger partial charge in [0.15, 0.2) is 0 Å². The van der Waals surface area contributed by atoms with Gasteiger partial charge in [-0.3, -0.25) is 14.4 Å². The first kappa shape index (κ1) is 14.2. The molecule has 0 bridgehead atoms. The molecule has 3 fully saturated rings. The van der Waals surface area contributed by atoms with Crippen LogP contribution in [0.25, 0.3) is 0 Å². The number of ether oxygens (including phenoxy) is 1. The fraction of sp³-hybridized carbons (Fsp3) is 0.750. The Balaban J connectivity index is 1.33. The van der Waals surface area contributed by atoms with Crippen LogP contribution >= 0.6 is 0 Å². The van der Waals surface area contributed by atoms with Crippen LogP contribution in [-0.2, 0) is 23.1 Å². The van der Waals surface area contributed by atoms with E-state index in [1.54, 1.807) is 0 Å². The van der Waals surface area contributed by atoms with E-state index in [2.05, 4.69) is 21.5 Å². The van der Waals surface area contributed by atoms with Gasteiger partial charge in [-0.25, -0.2) is 0 Å². The summed E-state index contributed by atoms with van der Waals surface area (Å²) < 4.78 is 7.83. The summed E-state index contributed by atoms with van der Waals surface area (Å²) >= 11 is 0. The lowest BCUT2D eigenvalue weighted by Gasteiger charge is -2.21. The number of amides is 1. The van der Waals surface area contributed by atoms with E-state index in [-0.39, 0.29) is 18.1 Å².